The highest BCUT2D eigenvalue weighted by molar-refractivity contribution is 7.88. The first-order valence-corrected chi connectivity index (χ1v) is 16.8. The molecule has 13 heteroatoms. The van der Waals surface area contributed by atoms with E-state index in [4.69, 9.17) is 30.9 Å². The van der Waals surface area contributed by atoms with Crippen molar-refractivity contribution >= 4 is 38.3 Å². The van der Waals surface area contributed by atoms with E-state index < -0.39 is 10.0 Å². The molecule has 0 amide bonds. The van der Waals surface area contributed by atoms with Crippen LogP contribution in [0.5, 0.6) is 17.2 Å². The molecular formula is C31H39ClN6O5S. The zero-order valence-corrected chi connectivity index (χ0v) is 27.1. The van der Waals surface area contributed by atoms with Gasteiger partial charge in [0, 0.05) is 50.1 Å². The molecule has 1 N–H and O–H groups in total. The van der Waals surface area contributed by atoms with Gasteiger partial charge in [0.1, 0.15) is 28.1 Å². The third kappa shape index (κ3) is 7.37. The Balaban J connectivity index is 1.42. The molecule has 0 spiro atoms. The van der Waals surface area contributed by atoms with Gasteiger partial charge in [-0.2, -0.15) is 4.31 Å². The predicted octanol–water partition coefficient (Wildman–Crippen LogP) is 4.96. The molecule has 11 nitrogen and oxygen atoms in total. The number of hydrogen-bond donors (Lipinski definition) is 1. The number of hydrogen-bond acceptors (Lipinski definition) is 9. The lowest BCUT2D eigenvalue weighted by Crippen LogP contribution is -2.33. The number of halogens is 1. The number of benzene rings is 2. The molecule has 4 aromatic rings. The highest BCUT2D eigenvalue weighted by Gasteiger charge is 2.22. The smallest absolute Gasteiger partial charge is 0.211 e. The molecule has 5 rings (SSSR count). The third-order valence-corrected chi connectivity index (χ3v) is 9.25. The Hall–Kier alpha value is -3.58. The predicted molar refractivity (Wildman–Crippen MR) is 173 cm³/mol. The molecule has 236 valence electrons. The number of rotatable bonds is 13. The Labute approximate surface area is 263 Å². The fraction of sp³-hybridized carbons (Fsp3) is 0.419. The fourth-order valence-corrected chi connectivity index (χ4v) is 6.39. The molecule has 1 saturated heterocycles. The van der Waals surface area contributed by atoms with Gasteiger partial charge in [-0.15, -0.1) is 5.10 Å². The van der Waals surface area contributed by atoms with E-state index in [1.807, 2.05) is 18.2 Å². The summed E-state index contributed by atoms with van der Waals surface area (Å²) in [5.74, 6) is 2.42. The number of pyridine rings is 1. The number of nitrogens with zero attached hydrogens (tertiary/aromatic N) is 5. The van der Waals surface area contributed by atoms with Gasteiger partial charge >= 0.3 is 0 Å². The second-order valence-corrected chi connectivity index (χ2v) is 13.2. The lowest BCUT2D eigenvalue weighted by Gasteiger charge is -2.26. The van der Waals surface area contributed by atoms with Crippen LogP contribution in [0.4, 0.5) is 5.82 Å². The van der Waals surface area contributed by atoms with E-state index in [1.54, 1.807) is 56.5 Å². The fourth-order valence-electron chi connectivity index (χ4n) is 5.48. The molecule has 0 radical (unpaired) electrons. The summed E-state index contributed by atoms with van der Waals surface area (Å²) in [6, 6.07) is 12.7. The standard InChI is InChI=1S/C31H39ClN6O5S/c1-41-24-10-9-23(28(17-24)42-2)21-37(44(4,39)40)20-22-8-11-26(29(16-22)43-3)38-27-18-30(32)34-19-25(27)31(35-38)33-12-15-36-13-6-5-7-14-36/h8-11,16-19H,5-7,12-15,20-21H2,1-4H3,(H,33,35). The number of piperidine rings is 1. The molecule has 0 saturated carbocycles. The van der Waals surface area contributed by atoms with Crippen LogP contribution in [0.2, 0.25) is 5.15 Å². The van der Waals surface area contributed by atoms with Crippen LogP contribution in [0, 0.1) is 0 Å². The summed E-state index contributed by atoms with van der Waals surface area (Å²) in [5, 5.41) is 9.57. The van der Waals surface area contributed by atoms with E-state index in [0.717, 1.165) is 48.2 Å². The molecule has 0 unspecified atom stereocenters. The summed E-state index contributed by atoms with van der Waals surface area (Å²) >= 11 is 6.31. The Morgan fingerprint density at radius 2 is 1.73 bits per heavy atom. The van der Waals surface area contributed by atoms with Crippen LogP contribution in [0.3, 0.4) is 0 Å². The maximum atomic E-state index is 12.9. The largest absolute Gasteiger partial charge is 0.497 e. The van der Waals surface area contributed by atoms with Crippen LogP contribution in [0.25, 0.3) is 16.6 Å². The van der Waals surface area contributed by atoms with Gasteiger partial charge in [0.05, 0.1) is 38.5 Å². The zero-order chi connectivity index (χ0) is 31.3. The highest BCUT2D eigenvalue weighted by atomic mass is 35.5. The van der Waals surface area contributed by atoms with Gasteiger partial charge in [-0.25, -0.2) is 18.1 Å². The van der Waals surface area contributed by atoms with Crippen LogP contribution in [-0.4, -0.2) is 86.2 Å². The number of likely N-dealkylation sites (tertiary alicyclic amines) is 1. The van der Waals surface area contributed by atoms with Crippen molar-refractivity contribution in [2.45, 2.75) is 32.4 Å². The maximum Gasteiger partial charge on any atom is 0.211 e. The monoisotopic (exact) mass is 642 g/mol. The first-order chi connectivity index (χ1) is 21.2. The van der Waals surface area contributed by atoms with Gasteiger partial charge in [0.15, 0.2) is 5.82 Å². The van der Waals surface area contributed by atoms with E-state index in [2.05, 4.69) is 15.2 Å². The minimum atomic E-state index is -3.58. The van der Waals surface area contributed by atoms with Crippen LogP contribution < -0.4 is 19.5 Å². The molecular weight excluding hydrogens is 604 g/mol. The topological polar surface area (TPSA) is 111 Å². The molecule has 1 aliphatic rings. The van der Waals surface area contributed by atoms with Crippen molar-refractivity contribution in [1.82, 2.24) is 24.0 Å². The summed E-state index contributed by atoms with van der Waals surface area (Å²) in [7, 11) is 1.12. The Morgan fingerprint density at radius 3 is 2.43 bits per heavy atom. The summed E-state index contributed by atoms with van der Waals surface area (Å²) in [6.45, 7) is 4.20. The van der Waals surface area contributed by atoms with Crippen molar-refractivity contribution in [2.24, 2.45) is 0 Å². The van der Waals surface area contributed by atoms with Gasteiger partial charge in [0.2, 0.25) is 10.0 Å². The van der Waals surface area contributed by atoms with E-state index in [1.165, 1.54) is 29.8 Å². The van der Waals surface area contributed by atoms with Crippen LogP contribution >= 0.6 is 11.6 Å². The molecule has 0 atom stereocenters. The quantitative estimate of drug-likeness (QED) is 0.202. The Bertz CT molecular complexity index is 1710. The zero-order valence-electron chi connectivity index (χ0n) is 25.5. The SMILES string of the molecule is COc1ccc(CN(Cc2ccc(-n3nc(NCCN4CCCCC4)c4cnc(Cl)cc43)c(OC)c2)S(C)(=O)=O)c(OC)c1. The maximum absolute atomic E-state index is 12.9. The molecule has 1 aliphatic heterocycles. The van der Waals surface area contributed by atoms with Gasteiger partial charge in [0.25, 0.3) is 0 Å². The average molecular weight is 643 g/mol. The lowest BCUT2D eigenvalue weighted by molar-refractivity contribution is 0.237. The summed E-state index contributed by atoms with van der Waals surface area (Å²) in [6.07, 6.45) is 6.71. The van der Waals surface area contributed by atoms with Gasteiger partial charge in [-0.05, 0) is 49.7 Å². The van der Waals surface area contributed by atoms with E-state index in [9.17, 15) is 8.42 Å². The molecule has 44 heavy (non-hydrogen) atoms. The van der Waals surface area contributed by atoms with Crippen molar-refractivity contribution in [3.8, 4) is 22.9 Å². The number of nitrogens with one attached hydrogen (secondary N) is 1. The minimum Gasteiger partial charge on any atom is -0.497 e. The molecule has 2 aromatic carbocycles. The van der Waals surface area contributed by atoms with E-state index >= 15 is 0 Å². The number of fused-ring (bicyclic) bond motifs is 1. The van der Waals surface area contributed by atoms with E-state index in [0.29, 0.717) is 33.9 Å². The third-order valence-electron chi connectivity index (χ3n) is 7.84. The Kier molecular flexibility index (Phi) is 10.1. The normalized spacial score (nSPS) is 14.2. The molecule has 3 heterocycles. The second kappa shape index (κ2) is 14.0. The molecule has 0 aliphatic carbocycles. The van der Waals surface area contributed by atoms with Crippen molar-refractivity contribution in [3.63, 3.8) is 0 Å². The lowest BCUT2D eigenvalue weighted by atomic mass is 10.1. The van der Waals surface area contributed by atoms with Crippen molar-refractivity contribution < 1.29 is 22.6 Å². The molecule has 2 aromatic heterocycles. The second-order valence-electron chi connectivity index (χ2n) is 10.8. The molecule has 1 fully saturated rings. The minimum absolute atomic E-state index is 0.123. The first-order valence-electron chi connectivity index (χ1n) is 14.5. The number of ether oxygens (including phenoxy) is 3. The summed E-state index contributed by atoms with van der Waals surface area (Å²) in [4.78, 5) is 6.76. The van der Waals surface area contributed by atoms with Crippen molar-refractivity contribution in [2.75, 3.05) is 59.1 Å². The number of methoxy groups -OCH3 is 3. The summed E-state index contributed by atoms with van der Waals surface area (Å²) < 4.78 is 45.5. The summed E-state index contributed by atoms with van der Waals surface area (Å²) in [5.41, 5.74) is 2.94. The number of anilines is 1. The average Bonchev–Trinajstić information content (AvgIpc) is 3.37. The van der Waals surface area contributed by atoms with Crippen molar-refractivity contribution in [1.29, 1.82) is 0 Å². The first kappa shape index (κ1) is 31.8. The number of aromatic nitrogens is 3. The van der Waals surface area contributed by atoms with E-state index in [-0.39, 0.29) is 13.1 Å². The van der Waals surface area contributed by atoms with Crippen LogP contribution in [0.15, 0.2) is 48.7 Å². The van der Waals surface area contributed by atoms with Gasteiger partial charge in [-0.3, -0.25) is 0 Å². The van der Waals surface area contributed by atoms with Gasteiger partial charge in [-0.1, -0.05) is 30.2 Å². The van der Waals surface area contributed by atoms with Gasteiger partial charge < -0.3 is 24.4 Å². The highest BCUT2D eigenvalue weighted by Crippen LogP contribution is 2.33. The molecule has 0 bridgehead atoms. The van der Waals surface area contributed by atoms with Crippen molar-refractivity contribution in [3.05, 3.63) is 64.9 Å². The van der Waals surface area contributed by atoms with Crippen LogP contribution in [0.1, 0.15) is 30.4 Å². The Morgan fingerprint density at radius 1 is 0.955 bits per heavy atom. The van der Waals surface area contributed by atoms with Crippen LogP contribution in [-0.2, 0) is 23.1 Å². The number of sulfonamides is 1.